The summed E-state index contributed by atoms with van der Waals surface area (Å²) in [6.45, 7) is 1.05. The van der Waals surface area contributed by atoms with Gasteiger partial charge in [-0.1, -0.05) is 24.3 Å². The van der Waals surface area contributed by atoms with Crippen LogP contribution in [0, 0.1) is 0 Å². The summed E-state index contributed by atoms with van der Waals surface area (Å²) in [6.07, 6.45) is -2.72. The number of nitrogens with one attached hydrogen (secondary N) is 1. The molecule has 1 aliphatic heterocycles. The maximum Gasteiger partial charge on any atom is 0.573 e. The molecule has 2 heterocycles. The Kier molecular flexibility index (Phi) is 5.83. The minimum absolute atomic E-state index is 0.0113. The highest BCUT2D eigenvalue weighted by molar-refractivity contribution is 7.10. The number of carbonyl (C=O) groups is 1. The predicted octanol–water partition coefficient (Wildman–Crippen LogP) is 4.10. The van der Waals surface area contributed by atoms with Gasteiger partial charge in [0.2, 0.25) is 5.91 Å². The maximum absolute atomic E-state index is 12.5. The summed E-state index contributed by atoms with van der Waals surface area (Å²) in [4.78, 5) is 15.6. The summed E-state index contributed by atoms with van der Waals surface area (Å²) in [5.41, 5.74) is 0.286. The third kappa shape index (κ3) is 4.98. The lowest BCUT2D eigenvalue weighted by atomic mass is 10.2. The second-order valence-electron chi connectivity index (χ2n) is 6.08. The monoisotopic (exact) mass is 384 g/mol. The molecule has 1 fully saturated rings. The maximum atomic E-state index is 12.5. The predicted molar refractivity (Wildman–Crippen MR) is 92.8 cm³/mol. The quantitative estimate of drug-likeness (QED) is 0.815. The van der Waals surface area contributed by atoms with E-state index in [1.165, 1.54) is 23.1 Å². The smallest absolute Gasteiger partial charge is 0.405 e. The summed E-state index contributed by atoms with van der Waals surface area (Å²) < 4.78 is 41.4. The zero-order valence-electron chi connectivity index (χ0n) is 14.0. The van der Waals surface area contributed by atoms with Gasteiger partial charge in [0.15, 0.2) is 0 Å². The lowest BCUT2D eigenvalue weighted by molar-refractivity contribution is -0.274. The van der Waals surface area contributed by atoms with Crippen LogP contribution in [-0.2, 0) is 11.3 Å². The summed E-state index contributed by atoms with van der Waals surface area (Å²) in [6, 6.07) is 10.1. The van der Waals surface area contributed by atoms with Gasteiger partial charge in [0.25, 0.3) is 0 Å². The second kappa shape index (κ2) is 8.09. The fourth-order valence-corrected chi connectivity index (χ4v) is 4.02. The average molecular weight is 384 g/mol. The Bertz CT molecular complexity index is 734. The minimum Gasteiger partial charge on any atom is -0.405 e. The van der Waals surface area contributed by atoms with Crippen molar-refractivity contribution in [2.45, 2.75) is 31.8 Å². The molecule has 26 heavy (non-hydrogen) atoms. The van der Waals surface area contributed by atoms with Crippen LogP contribution in [0.4, 0.5) is 13.2 Å². The molecule has 0 saturated carbocycles. The summed E-state index contributed by atoms with van der Waals surface area (Å²) in [7, 11) is 0. The first kappa shape index (κ1) is 18.7. The van der Waals surface area contributed by atoms with Gasteiger partial charge in [0, 0.05) is 23.0 Å². The molecular weight excluding hydrogens is 365 g/mol. The molecule has 2 aromatic rings. The highest BCUT2D eigenvalue weighted by atomic mass is 32.1. The van der Waals surface area contributed by atoms with Gasteiger partial charge in [-0.05, 0) is 36.9 Å². The summed E-state index contributed by atoms with van der Waals surface area (Å²) in [5, 5.41) is 4.71. The van der Waals surface area contributed by atoms with Gasteiger partial charge < -0.3 is 10.1 Å². The number of benzene rings is 1. The van der Waals surface area contributed by atoms with Crippen molar-refractivity contribution in [1.82, 2.24) is 10.2 Å². The van der Waals surface area contributed by atoms with Crippen LogP contribution >= 0.6 is 11.3 Å². The van der Waals surface area contributed by atoms with E-state index in [9.17, 15) is 18.0 Å². The highest BCUT2D eigenvalue weighted by Gasteiger charge is 2.32. The molecule has 4 nitrogen and oxygen atoms in total. The number of para-hydroxylation sites is 1. The van der Waals surface area contributed by atoms with E-state index >= 15 is 0 Å². The zero-order chi connectivity index (χ0) is 18.6. The molecule has 8 heteroatoms. The lowest BCUT2D eigenvalue weighted by Gasteiger charge is -2.23. The Morgan fingerprint density at radius 1 is 1.27 bits per heavy atom. The van der Waals surface area contributed by atoms with Gasteiger partial charge in [0.1, 0.15) is 5.75 Å². The Hall–Kier alpha value is -2.06. The number of halogens is 3. The molecule has 1 aromatic carbocycles. The number of rotatable bonds is 6. The number of alkyl halides is 3. The van der Waals surface area contributed by atoms with E-state index in [-0.39, 0.29) is 36.4 Å². The second-order valence-corrected chi connectivity index (χ2v) is 7.06. The van der Waals surface area contributed by atoms with Crippen molar-refractivity contribution in [2.24, 2.45) is 0 Å². The standard InChI is InChI=1S/C18H19F3N2O2S/c19-18(20,21)25-15-7-2-1-5-13(15)11-22-17(24)12-23-9-3-6-14(23)16-8-4-10-26-16/h1-2,4-5,7-8,10,14H,3,6,9,11-12H2,(H,22,24). The molecule has 1 atom stereocenters. The number of carbonyl (C=O) groups excluding carboxylic acids is 1. The van der Waals surface area contributed by atoms with E-state index in [1.54, 1.807) is 17.4 Å². The van der Waals surface area contributed by atoms with Crippen molar-refractivity contribution in [3.8, 4) is 5.75 Å². The van der Waals surface area contributed by atoms with Crippen LogP contribution < -0.4 is 10.1 Å². The Labute approximate surface area is 153 Å². The molecule has 1 unspecified atom stereocenters. The Morgan fingerprint density at radius 3 is 2.81 bits per heavy atom. The molecule has 1 amide bonds. The van der Waals surface area contributed by atoms with Crippen molar-refractivity contribution in [1.29, 1.82) is 0 Å². The van der Waals surface area contributed by atoms with E-state index in [4.69, 9.17) is 0 Å². The third-order valence-electron chi connectivity index (χ3n) is 4.26. The van der Waals surface area contributed by atoms with Crippen molar-refractivity contribution in [2.75, 3.05) is 13.1 Å². The molecule has 0 bridgehead atoms. The number of hydrogen-bond donors (Lipinski definition) is 1. The first-order chi connectivity index (χ1) is 12.4. The van der Waals surface area contributed by atoms with Crippen LogP contribution in [0.1, 0.15) is 29.3 Å². The topological polar surface area (TPSA) is 41.6 Å². The van der Waals surface area contributed by atoms with Crippen molar-refractivity contribution >= 4 is 17.2 Å². The van der Waals surface area contributed by atoms with Crippen LogP contribution in [0.5, 0.6) is 5.75 Å². The van der Waals surface area contributed by atoms with Crippen LogP contribution in [0.15, 0.2) is 41.8 Å². The zero-order valence-corrected chi connectivity index (χ0v) is 14.8. The number of nitrogens with zero attached hydrogens (tertiary/aromatic N) is 1. The van der Waals surface area contributed by atoms with E-state index in [0.29, 0.717) is 0 Å². The summed E-state index contributed by atoms with van der Waals surface area (Å²) >= 11 is 1.67. The number of thiophene rings is 1. The van der Waals surface area contributed by atoms with Gasteiger partial charge in [-0.2, -0.15) is 0 Å². The lowest BCUT2D eigenvalue weighted by Crippen LogP contribution is -2.36. The molecule has 1 aliphatic rings. The van der Waals surface area contributed by atoms with Crippen LogP contribution in [0.25, 0.3) is 0 Å². The van der Waals surface area contributed by atoms with Crippen molar-refractivity contribution < 1.29 is 22.7 Å². The number of hydrogen-bond acceptors (Lipinski definition) is 4. The van der Waals surface area contributed by atoms with E-state index < -0.39 is 6.36 Å². The molecule has 1 aromatic heterocycles. The molecule has 0 aliphatic carbocycles. The van der Waals surface area contributed by atoms with Crippen molar-refractivity contribution in [3.63, 3.8) is 0 Å². The van der Waals surface area contributed by atoms with Gasteiger partial charge in [0.05, 0.1) is 6.54 Å². The van der Waals surface area contributed by atoms with Gasteiger partial charge in [-0.3, -0.25) is 9.69 Å². The van der Waals surface area contributed by atoms with E-state index in [1.807, 2.05) is 11.4 Å². The first-order valence-electron chi connectivity index (χ1n) is 8.30. The largest absolute Gasteiger partial charge is 0.573 e. The molecule has 3 rings (SSSR count). The molecule has 1 saturated heterocycles. The van der Waals surface area contributed by atoms with Crippen LogP contribution in [-0.4, -0.2) is 30.3 Å². The van der Waals surface area contributed by atoms with E-state index in [0.717, 1.165) is 19.4 Å². The van der Waals surface area contributed by atoms with Crippen molar-refractivity contribution in [3.05, 3.63) is 52.2 Å². The van der Waals surface area contributed by atoms with Crippen LogP contribution in [0.3, 0.4) is 0 Å². The molecular formula is C18H19F3N2O2S. The van der Waals surface area contributed by atoms with Gasteiger partial charge in [-0.15, -0.1) is 24.5 Å². The number of ether oxygens (including phenoxy) is 1. The van der Waals surface area contributed by atoms with E-state index in [2.05, 4.69) is 21.0 Å². The number of likely N-dealkylation sites (tertiary alicyclic amines) is 1. The van der Waals surface area contributed by atoms with Gasteiger partial charge in [-0.25, -0.2) is 0 Å². The fourth-order valence-electron chi connectivity index (χ4n) is 3.13. The highest BCUT2D eigenvalue weighted by Crippen LogP contribution is 2.34. The Balaban J connectivity index is 1.56. The first-order valence-corrected chi connectivity index (χ1v) is 9.18. The van der Waals surface area contributed by atoms with Gasteiger partial charge >= 0.3 is 6.36 Å². The summed E-state index contributed by atoms with van der Waals surface area (Å²) in [5.74, 6) is -0.506. The minimum atomic E-state index is -4.76. The number of amides is 1. The van der Waals surface area contributed by atoms with Crippen LogP contribution in [0.2, 0.25) is 0 Å². The molecule has 0 radical (unpaired) electrons. The molecule has 0 spiro atoms. The average Bonchev–Trinajstić information content (AvgIpc) is 3.23. The SMILES string of the molecule is O=C(CN1CCCC1c1cccs1)NCc1ccccc1OC(F)(F)F. The molecule has 1 N–H and O–H groups in total. The Morgan fingerprint density at radius 2 is 2.08 bits per heavy atom. The molecule has 140 valence electrons. The normalized spacial score (nSPS) is 18.0. The fraction of sp³-hybridized carbons (Fsp3) is 0.389. The third-order valence-corrected chi connectivity index (χ3v) is 5.23.